The predicted octanol–water partition coefficient (Wildman–Crippen LogP) is 2.63. The predicted molar refractivity (Wildman–Crippen MR) is 70.1 cm³/mol. The minimum atomic E-state index is -0.662. The minimum absolute atomic E-state index is 0.0414. The number of benzene rings is 1. The topological polar surface area (TPSA) is 43.4 Å². The smallest absolute Gasteiger partial charge is 0.316 e. The number of ketones is 1. The van der Waals surface area contributed by atoms with Crippen molar-refractivity contribution in [2.75, 3.05) is 6.61 Å². The summed E-state index contributed by atoms with van der Waals surface area (Å²) in [4.78, 5) is 23.9. The van der Waals surface area contributed by atoms with Crippen molar-refractivity contribution in [1.29, 1.82) is 0 Å². The van der Waals surface area contributed by atoms with Gasteiger partial charge in [0.1, 0.15) is 5.92 Å². The lowest BCUT2D eigenvalue weighted by Crippen LogP contribution is -2.31. The molecule has 1 aromatic carbocycles. The van der Waals surface area contributed by atoms with Crippen LogP contribution in [-0.4, -0.2) is 18.4 Å². The first-order valence-electron chi connectivity index (χ1n) is 6.29. The van der Waals surface area contributed by atoms with Gasteiger partial charge in [0.2, 0.25) is 0 Å². The molecule has 0 aliphatic carbocycles. The molecule has 0 fully saturated rings. The van der Waals surface area contributed by atoms with Crippen molar-refractivity contribution in [3.8, 4) is 0 Å². The van der Waals surface area contributed by atoms with Crippen LogP contribution in [0.25, 0.3) is 0 Å². The first kappa shape index (κ1) is 14.4. The zero-order valence-electron chi connectivity index (χ0n) is 11.2. The molecule has 0 bridgehead atoms. The maximum atomic E-state index is 12.2. The molecule has 0 aromatic heterocycles. The van der Waals surface area contributed by atoms with E-state index < -0.39 is 11.9 Å². The third-order valence-electron chi connectivity index (χ3n) is 2.78. The number of carbonyl (C=O) groups is 2. The van der Waals surface area contributed by atoms with Crippen molar-refractivity contribution in [3.05, 3.63) is 35.9 Å². The number of Topliss-reactive ketones (excluding diaryl/α,β-unsaturated/α-hetero) is 1. The van der Waals surface area contributed by atoms with E-state index in [4.69, 9.17) is 4.74 Å². The first-order valence-corrected chi connectivity index (χ1v) is 6.29. The van der Waals surface area contributed by atoms with Crippen LogP contribution in [0.1, 0.15) is 26.3 Å². The fraction of sp³-hybridized carbons (Fsp3) is 0.467. The highest BCUT2D eigenvalue weighted by atomic mass is 16.5. The Labute approximate surface area is 108 Å². The van der Waals surface area contributed by atoms with E-state index in [9.17, 15) is 9.59 Å². The summed E-state index contributed by atoms with van der Waals surface area (Å²) in [6, 6.07) is 9.45. The van der Waals surface area contributed by atoms with E-state index in [0.29, 0.717) is 6.61 Å². The van der Waals surface area contributed by atoms with Crippen LogP contribution in [0.4, 0.5) is 0 Å². The van der Waals surface area contributed by atoms with Crippen LogP contribution in [0.5, 0.6) is 0 Å². The van der Waals surface area contributed by atoms with Crippen molar-refractivity contribution >= 4 is 11.8 Å². The Morgan fingerprint density at radius 3 is 2.28 bits per heavy atom. The molecule has 0 amide bonds. The van der Waals surface area contributed by atoms with E-state index >= 15 is 0 Å². The normalized spacial score (nSPS) is 12.2. The maximum Gasteiger partial charge on any atom is 0.316 e. The van der Waals surface area contributed by atoms with E-state index in [-0.39, 0.29) is 18.1 Å². The molecule has 0 N–H and O–H groups in total. The number of hydrogen-bond acceptors (Lipinski definition) is 3. The molecule has 0 saturated carbocycles. The lowest BCUT2D eigenvalue weighted by atomic mass is 9.88. The van der Waals surface area contributed by atoms with Crippen molar-refractivity contribution in [1.82, 2.24) is 0 Å². The number of hydrogen-bond donors (Lipinski definition) is 0. The van der Waals surface area contributed by atoms with Crippen LogP contribution >= 0.6 is 0 Å². The van der Waals surface area contributed by atoms with E-state index in [1.165, 1.54) is 0 Å². The zero-order chi connectivity index (χ0) is 13.5. The summed E-state index contributed by atoms with van der Waals surface area (Å²) in [7, 11) is 0. The average molecular weight is 248 g/mol. The Hall–Kier alpha value is -1.64. The third kappa shape index (κ3) is 3.99. The van der Waals surface area contributed by atoms with Gasteiger partial charge < -0.3 is 4.74 Å². The van der Waals surface area contributed by atoms with Gasteiger partial charge in [0.15, 0.2) is 5.78 Å². The quantitative estimate of drug-likeness (QED) is 0.574. The highest BCUT2D eigenvalue weighted by Gasteiger charge is 2.30. The van der Waals surface area contributed by atoms with Gasteiger partial charge in [-0.1, -0.05) is 44.2 Å². The lowest BCUT2D eigenvalue weighted by molar-refractivity contribution is -0.153. The molecule has 1 aromatic rings. The van der Waals surface area contributed by atoms with E-state index in [0.717, 1.165) is 5.56 Å². The number of rotatable bonds is 6. The van der Waals surface area contributed by atoms with Gasteiger partial charge in [-0.15, -0.1) is 0 Å². The van der Waals surface area contributed by atoms with Crippen LogP contribution in [0.2, 0.25) is 0 Å². The molecule has 18 heavy (non-hydrogen) atoms. The number of esters is 1. The van der Waals surface area contributed by atoms with Gasteiger partial charge in [0.25, 0.3) is 0 Å². The summed E-state index contributed by atoms with van der Waals surface area (Å²) in [6.45, 7) is 5.78. The van der Waals surface area contributed by atoms with Gasteiger partial charge in [-0.05, 0) is 18.4 Å². The summed E-state index contributed by atoms with van der Waals surface area (Å²) in [5, 5.41) is 0. The average Bonchev–Trinajstić information content (AvgIpc) is 2.30. The van der Waals surface area contributed by atoms with Crippen molar-refractivity contribution in [2.24, 2.45) is 11.8 Å². The molecule has 3 nitrogen and oxygen atoms in total. The van der Waals surface area contributed by atoms with Crippen molar-refractivity contribution in [3.63, 3.8) is 0 Å². The standard InChI is InChI=1S/C15H20O3/c1-4-18-15(17)14(11(2)3)13(16)10-12-8-6-5-7-9-12/h5-9,11,14H,4,10H2,1-3H3/t14-/m1/s1. The highest BCUT2D eigenvalue weighted by Crippen LogP contribution is 2.17. The second-order valence-corrected chi connectivity index (χ2v) is 4.60. The third-order valence-corrected chi connectivity index (χ3v) is 2.78. The zero-order valence-corrected chi connectivity index (χ0v) is 11.2. The van der Waals surface area contributed by atoms with Gasteiger partial charge in [-0.25, -0.2) is 0 Å². The Bertz CT molecular complexity index is 395. The molecule has 0 saturated heterocycles. The molecule has 0 aliphatic heterocycles. The largest absolute Gasteiger partial charge is 0.465 e. The SMILES string of the molecule is CCOC(=O)[C@@H](C(=O)Cc1ccccc1)C(C)C. The monoisotopic (exact) mass is 248 g/mol. The summed E-state index contributed by atoms with van der Waals surface area (Å²) >= 11 is 0. The first-order chi connectivity index (χ1) is 8.56. The van der Waals surface area contributed by atoms with E-state index in [1.54, 1.807) is 6.92 Å². The van der Waals surface area contributed by atoms with Crippen molar-refractivity contribution < 1.29 is 14.3 Å². The van der Waals surface area contributed by atoms with Crippen LogP contribution in [0.3, 0.4) is 0 Å². The van der Waals surface area contributed by atoms with E-state index in [2.05, 4.69) is 0 Å². The fourth-order valence-corrected chi connectivity index (χ4v) is 1.91. The molecule has 0 unspecified atom stereocenters. The van der Waals surface area contributed by atoms with Gasteiger partial charge >= 0.3 is 5.97 Å². The van der Waals surface area contributed by atoms with Gasteiger partial charge in [-0.2, -0.15) is 0 Å². The molecule has 0 heterocycles. The number of ether oxygens (including phenoxy) is 1. The molecular weight excluding hydrogens is 228 g/mol. The van der Waals surface area contributed by atoms with Crippen LogP contribution < -0.4 is 0 Å². The molecule has 1 atom stereocenters. The summed E-state index contributed by atoms with van der Waals surface area (Å²) in [5.74, 6) is -1.19. The maximum absolute atomic E-state index is 12.2. The van der Waals surface area contributed by atoms with Crippen LogP contribution in [-0.2, 0) is 20.7 Å². The van der Waals surface area contributed by atoms with Gasteiger partial charge in [0, 0.05) is 6.42 Å². The minimum Gasteiger partial charge on any atom is -0.465 e. The summed E-state index contributed by atoms with van der Waals surface area (Å²) in [6.07, 6.45) is 0.280. The second kappa shape index (κ2) is 6.94. The molecular formula is C15H20O3. The molecule has 0 radical (unpaired) electrons. The highest BCUT2D eigenvalue weighted by molar-refractivity contribution is 6.00. The number of carbonyl (C=O) groups excluding carboxylic acids is 2. The molecule has 1 rings (SSSR count). The molecule has 98 valence electrons. The van der Waals surface area contributed by atoms with Crippen LogP contribution in [0.15, 0.2) is 30.3 Å². The Kier molecular flexibility index (Phi) is 5.56. The molecule has 3 heteroatoms. The fourth-order valence-electron chi connectivity index (χ4n) is 1.91. The van der Waals surface area contributed by atoms with Gasteiger partial charge in [-0.3, -0.25) is 9.59 Å². The Morgan fingerprint density at radius 1 is 1.17 bits per heavy atom. The molecule has 0 spiro atoms. The van der Waals surface area contributed by atoms with Gasteiger partial charge in [0.05, 0.1) is 6.61 Å². The van der Waals surface area contributed by atoms with E-state index in [1.807, 2.05) is 44.2 Å². The molecule has 0 aliphatic rings. The van der Waals surface area contributed by atoms with Crippen LogP contribution in [0, 0.1) is 11.8 Å². The summed E-state index contributed by atoms with van der Waals surface area (Å²) < 4.78 is 4.96. The Balaban J connectivity index is 2.75. The summed E-state index contributed by atoms with van der Waals surface area (Å²) in [5.41, 5.74) is 0.928. The van der Waals surface area contributed by atoms with Crippen molar-refractivity contribution in [2.45, 2.75) is 27.2 Å². The second-order valence-electron chi connectivity index (χ2n) is 4.60. The lowest BCUT2D eigenvalue weighted by Gasteiger charge is -2.17. The Morgan fingerprint density at radius 2 is 1.78 bits per heavy atom.